The molecule has 4 rings (SSSR count). The van der Waals surface area contributed by atoms with Crippen molar-refractivity contribution in [2.24, 2.45) is 0 Å². The normalized spacial score (nSPS) is 17.3. The molecule has 0 unspecified atom stereocenters. The number of fused-ring (bicyclic) bond motifs is 1. The molecule has 34 heavy (non-hydrogen) atoms. The molecule has 3 aromatic rings. The van der Waals surface area contributed by atoms with Crippen molar-refractivity contribution < 1.29 is 22.8 Å². The Morgan fingerprint density at radius 3 is 2.26 bits per heavy atom. The van der Waals surface area contributed by atoms with Crippen molar-refractivity contribution in [1.29, 1.82) is 0 Å². The lowest BCUT2D eigenvalue weighted by atomic mass is 9.91. The Kier molecular flexibility index (Phi) is 5.40. The molecule has 0 spiro atoms. The molecule has 2 aromatic carbocycles. The Balaban J connectivity index is 1.97. The standard InChI is InChI=1S/C22H16ClF3N4O4/c1-10-3-8-14(9-11(10)2)30-16-15(18(32)28-20(30)34)21(19(33)27-16,22(24,25)26)29-17(31)12-4-6-13(23)7-5-12/h3-9H,1-2H3,(H,27,33)(H,29,31)(H,28,32,34)/t21-/m0/s1. The van der Waals surface area contributed by atoms with Gasteiger partial charge in [-0.3, -0.25) is 19.4 Å². The number of aryl methyl sites for hydroxylation is 2. The quantitative estimate of drug-likeness (QED) is 0.521. The average Bonchev–Trinajstić information content (AvgIpc) is 3.04. The fourth-order valence-corrected chi connectivity index (χ4v) is 3.86. The monoisotopic (exact) mass is 492 g/mol. The van der Waals surface area contributed by atoms with Gasteiger partial charge in [-0.25, -0.2) is 9.36 Å². The molecule has 0 aliphatic carbocycles. The highest BCUT2D eigenvalue weighted by atomic mass is 35.5. The number of alkyl halides is 3. The van der Waals surface area contributed by atoms with Crippen LogP contribution in [0.15, 0.2) is 52.1 Å². The minimum absolute atomic E-state index is 0.114. The van der Waals surface area contributed by atoms with Crippen LogP contribution < -0.4 is 21.9 Å². The van der Waals surface area contributed by atoms with Crippen LogP contribution in [0.25, 0.3) is 5.69 Å². The van der Waals surface area contributed by atoms with E-state index in [4.69, 9.17) is 11.6 Å². The number of nitrogens with zero attached hydrogens (tertiary/aromatic N) is 1. The third-order valence-corrected chi connectivity index (χ3v) is 5.89. The SMILES string of the molecule is Cc1ccc(-n2c3c(c(=O)[nH]c2=O)[C@@](NC(=O)c2ccc(Cl)cc2)(C(F)(F)F)C(=O)N3)cc1C. The molecule has 12 heteroatoms. The summed E-state index contributed by atoms with van der Waals surface area (Å²) in [6.45, 7) is 3.52. The van der Waals surface area contributed by atoms with Gasteiger partial charge in [-0.1, -0.05) is 17.7 Å². The molecule has 1 aromatic heterocycles. The second-order valence-corrected chi connectivity index (χ2v) is 8.19. The summed E-state index contributed by atoms with van der Waals surface area (Å²) in [5.41, 5.74) is -5.97. The minimum Gasteiger partial charge on any atom is -0.326 e. The van der Waals surface area contributed by atoms with Crippen molar-refractivity contribution in [2.45, 2.75) is 25.6 Å². The molecule has 1 aliphatic rings. The number of aromatic nitrogens is 2. The number of hydrogen-bond acceptors (Lipinski definition) is 4. The second-order valence-electron chi connectivity index (χ2n) is 7.75. The molecule has 0 saturated carbocycles. The molecule has 2 amide bonds. The predicted octanol–water partition coefficient (Wildman–Crippen LogP) is 2.94. The third-order valence-electron chi connectivity index (χ3n) is 5.64. The van der Waals surface area contributed by atoms with Crippen LogP contribution in [-0.4, -0.2) is 27.5 Å². The molecule has 8 nitrogen and oxygen atoms in total. The molecular weight excluding hydrogens is 477 g/mol. The van der Waals surface area contributed by atoms with Crippen LogP contribution in [0.2, 0.25) is 5.02 Å². The number of hydrogen-bond donors (Lipinski definition) is 3. The maximum atomic E-state index is 14.5. The number of nitrogens with one attached hydrogen (secondary N) is 3. The van der Waals surface area contributed by atoms with Crippen molar-refractivity contribution >= 4 is 29.2 Å². The van der Waals surface area contributed by atoms with E-state index in [2.05, 4.69) is 0 Å². The van der Waals surface area contributed by atoms with Crippen molar-refractivity contribution in [1.82, 2.24) is 14.9 Å². The zero-order chi connectivity index (χ0) is 25.0. The highest BCUT2D eigenvalue weighted by molar-refractivity contribution is 6.30. The van der Waals surface area contributed by atoms with Gasteiger partial charge in [0, 0.05) is 10.6 Å². The van der Waals surface area contributed by atoms with E-state index in [0.717, 1.165) is 22.3 Å². The molecule has 0 radical (unpaired) electrons. The first-order chi connectivity index (χ1) is 15.9. The lowest BCUT2D eigenvalue weighted by Gasteiger charge is -2.30. The van der Waals surface area contributed by atoms with Gasteiger partial charge in [0.25, 0.3) is 22.9 Å². The summed E-state index contributed by atoms with van der Waals surface area (Å²) < 4.78 is 44.2. The highest BCUT2D eigenvalue weighted by Crippen LogP contribution is 2.45. The van der Waals surface area contributed by atoms with E-state index >= 15 is 0 Å². The zero-order valence-corrected chi connectivity index (χ0v) is 18.4. The predicted molar refractivity (Wildman–Crippen MR) is 117 cm³/mol. The zero-order valence-electron chi connectivity index (χ0n) is 17.6. The van der Waals surface area contributed by atoms with Crippen molar-refractivity contribution in [3.05, 3.63) is 90.6 Å². The highest BCUT2D eigenvalue weighted by Gasteiger charge is 2.68. The van der Waals surface area contributed by atoms with Gasteiger partial charge in [0.05, 0.1) is 5.69 Å². The number of rotatable bonds is 3. The van der Waals surface area contributed by atoms with Gasteiger partial charge in [-0.2, -0.15) is 13.2 Å². The molecule has 0 bridgehead atoms. The lowest BCUT2D eigenvalue weighted by molar-refractivity contribution is -0.196. The molecular formula is C22H16ClF3N4O4. The molecule has 1 atom stereocenters. The number of benzene rings is 2. The van der Waals surface area contributed by atoms with E-state index in [0.29, 0.717) is 5.56 Å². The van der Waals surface area contributed by atoms with Crippen LogP contribution in [0, 0.1) is 13.8 Å². The fraction of sp³-hybridized carbons (Fsp3) is 0.182. The largest absolute Gasteiger partial charge is 0.425 e. The third kappa shape index (κ3) is 3.48. The maximum Gasteiger partial charge on any atom is 0.425 e. The van der Waals surface area contributed by atoms with Gasteiger partial charge in [0.1, 0.15) is 11.4 Å². The Labute approximate surface area is 194 Å². The molecule has 0 saturated heterocycles. The topological polar surface area (TPSA) is 113 Å². The fourth-order valence-electron chi connectivity index (χ4n) is 3.73. The lowest BCUT2D eigenvalue weighted by Crippen LogP contribution is -2.62. The first kappa shape index (κ1) is 23.3. The Morgan fingerprint density at radius 2 is 1.68 bits per heavy atom. The Morgan fingerprint density at radius 1 is 1.03 bits per heavy atom. The number of carbonyl (C=O) groups excluding carboxylic acids is 2. The molecule has 0 fully saturated rings. The van der Waals surface area contributed by atoms with E-state index < -0.39 is 46.2 Å². The minimum atomic E-state index is -5.44. The van der Waals surface area contributed by atoms with E-state index in [1.165, 1.54) is 24.3 Å². The molecule has 1 aliphatic heterocycles. The Bertz CT molecular complexity index is 1460. The van der Waals surface area contributed by atoms with E-state index in [1.54, 1.807) is 25.2 Å². The first-order valence-electron chi connectivity index (χ1n) is 9.80. The summed E-state index contributed by atoms with van der Waals surface area (Å²) in [4.78, 5) is 52.7. The number of carbonyl (C=O) groups is 2. The van der Waals surface area contributed by atoms with E-state index in [9.17, 15) is 32.3 Å². The van der Waals surface area contributed by atoms with Gasteiger partial charge >= 0.3 is 11.9 Å². The summed E-state index contributed by atoms with van der Waals surface area (Å²) >= 11 is 5.76. The van der Waals surface area contributed by atoms with Crippen LogP contribution in [0.5, 0.6) is 0 Å². The van der Waals surface area contributed by atoms with Crippen LogP contribution in [0.4, 0.5) is 19.0 Å². The van der Waals surface area contributed by atoms with Crippen molar-refractivity contribution in [3.8, 4) is 5.69 Å². The molecule has 3 N–H and O–H groups in total. The first-order valence-corrected chi connectivity index (χ1v) is 10.2. The summed E-state index contributed by atoms with van der Waals surface area (Å²) in [6, 6.07) is 9.49. The molecule has 2 heterocycles. The maximum absolute atomic E-state index is 14.5. The van der Waals surface area contributed by atoms with Crippen molar-refractivity contribution in [2.75, 3.05) is 5.32 Å². The summed E-state index contributed by atoms with van der Waals surface area (Å²) in [5.74, 6) is -3.69. The van der Waals surface area contributed by atoms with Crippen LogP contribution >= 0.6 is 11.6 Å². The Hall–Kier alpha value is -3.86. The number of amides is 2. The number of aromatic amines is 1. The second kappa shape index (κ2) is 7.87. The van der Waals surface area contributed by atoms with Crippen LogP contribution in [-0.2, 0) is 10.3 Å². The number of H-pyrrole nitrogens is 1. The van der Waals surface area contributed by atoms with Crippen LogP contribution in [0.1, 0.15) is 27.0 Å². The van der Waals surface area contributed by atoms with Gasteiger partial charge < -0.3 is 10.6 Å². The van der Waals surface area contributed by atoms with Gasteiger partial charge in [0.2, 0.25) is 0 Å². The average molecular weight is 493 g/mol. The van der Waals surface area contributed by atoms with Crippen LogP contribution in [0.3, 0.4) is 0 Å². The summed E-state index contributed by atoms with van der Waals surface area (Å²) in [7, 11) is 0. The van der Waals surface area contributed by atoms with Gasteiger partial charge in [0.15, 0.2) is 0 Å². The van der Waals surface area contributed by atoms with Gasteiger partial charge in [-0.15, -0.1) is 0 Å². The number of anilines is 1. The summed E-state index contributed by atoms with van der Waals surface area (Å²) in [5, 5.41) is 3.91. The molecule has 176 valence electrons. The van der Waals surface area contributed by atoms with E-state index in [-0.39, 0.29) is 16.3 Å². The van der Waals surface area contributed by atoms with E-state index in [1.807, 2.05) is 10.3 Å². The summed E-state index contributed by atoms with van der Waals surface area (Å²) in [6.07, 6.45) is -5.44. The smallest absolute Gasteiger partial charge is 0.326 e. The number of halogens is 4. The van der Waals surface area contributed by atoms with Gasteiger partial charge in [-0.05, 0) is 61.4 Å². The van der Waals surface area contributed by atoms with Crippen molar-refractivity contribution in [3.63, 3.8) is 0 Å².